The Hall–Kier alpha value is -0.996. The van der Waals surface area contributed by atoms with Crippen molar-refractivity contribution in [2.24, 2.45) is 11.8 Å². The van der Waals surface area contributed by atoms with Gasteiger partial charge in [0.05, 0.1) is 24.7 Å². The van der Waals surface area contributed by atoms with Gasteiger partial charge in [-0.2, -0.15) is 0 Å². The Labute approximate surface area is 217 Å². The highest BCUT2D eigenvalue weighted by Gasteiger charge is 2.43. The zero-order chi connectivity index (χ0) is 26.5. The van der Waals surface area contributed by atoms with E-state index in [4.69, 9.17) is 13.6 Å². The van der Waals surface area contributed by atoms with E-state index in [1.165, 1.54) is 0 Å². The molecule has 0 spiro atoms. The van der Waals surface area contributed by atoms with Gasteiger partial charge < -0.3 is 18.7 Å². The summed E-state index contributed by atoms with van der Waals surface area (Å²) in [5.74, 6) is -1.41. The van der Waals surface area contributed by atoms with Gasteiger partial charge in [-0.1, -0.05) is 78.8 Å². The first-order valence-corrected chi connectivity index (χ1v) is 18.9. The molecular formula is C28H52O5Si2. The third-order valence-electron chi connectivity index (χ3n) is 8.30. The quantitative estimate of drug-likeness (QED) is 0.148. The smallest absolute Gasteiger partial charge is 0.308 e. The number of hydrogen-bond acceptors (Lipinski definition) is 4. The first kappa shape index (κ1) is 32.0. The van der Waals surface area contributed by atoms with Crippen LogP contribution in [0.3, 0.4) is 0 Å². The highest BCUT2D eigenvalue weighted by molar-refractivity contribution is 6.74. The van der Waals surface area contributed by atoms with E-state index in [9.17, 15) is 9.90 Å². The number of carboxylic acids is 1. The number of benzene rings is 1. The van der Waals surface area contributed by atoms with Gasteiger partial charge in [0.25, 0.3) is 0 Å². The second kappa shape index (κ2) is 16.0. The maximum atomic E-state index is 12.2. The molecule has 0 heterocycles. The number of carboxylic acid groups (broad SMARTS) is 1. The normalized spacial score (nSPS) is 16.0. The van der Waals surface area contributed by atoms with Crippen molar-refractivity contribution < 1.29 is 23.5 Å². The Balaban J connectivity index is 3.18. The average molecular weight is 525 g/mol. The van der Waals surface area contributed by atoms with Crippen LogP contribution in [0.2, 0.25) is 36.3 Å². The molecule has 35 heavy (non-hydrogen) atoms. The summed E-state index contributed by atoms with van der Waals surface area (Å²) < 4.78 is 20.0. The molecule has 0 aliphatic carbocycles. The predicted molar refractivity (Wildman–Crippen MR) is 151 cm³/mol. The standard InChI is InChI=1S/C28H52O5Si2/c1-9-34(10-2,11-3)32-26(20-21-31-22-25-18-16-15-17-19-25)23(7)27(24(8)28(29)30)33-35(12-4,13-5)14-6/h15-19,23-24,26-27H,9-14,20-22H2,1-8H3,(H,29,30)/t23-,24+,26-,27-/m0/s1. The Bertz CT molecular complexity index is 690. The lowest BCUT2D eigenvalue weighted by molar-refractivity contribution is -0.146. The lowest BCUT2D eigenvalue weighted by Gasteiger charge is -2.43. The second-order valence-corrected chi connectivity index (χ2v) is 19.5. The summed E-state index contributed by atoms with van der Waals surface area (Å²) in [5.41, 5.74) is 1.16. The summed E-state index contributed by atoms with van der Waals surface area (Å²) >= 11 is 0. The lowest BCUT2D eigenvalue weighted by Crippen LogP contribution is -2.51. The molecule has 4 atom stereocenters. The largest absolute Gasteiger partial charge is 0.481 e. The summed E-state index contributed by atoms with van der Waals surface area (Å²) in [6.07, 6.45) is 0.296. The van der Waals surface area contributed by atoms with Gasteiger partial charge in [0, 0.05) is 12.5 Å². The van der Waals surface area contributed by atoms with Crippen molar-refractivity contribution in [3.8, 4) is 0 Å². The minimum atomic E-state index is -2.00. The van der Waals surface area contributed by atoms with E-state index in [-0.39, 0.29) is 18.1 Å². The van der Waals surface area contributed by atoms with Crippen molar-refractivity contribution >= 4 is 22.6 Å². The topological polar surface area (TPSA) is 65.0 Å². The number of aliphatic carboxylic acids is 1. The highest BCUT2D eigenvalue weighted by atomic mass is 28.4. The molecule has 7 heteroatoms. The van der Waals surface area contributed by atoms with Crippen molar-refractivity contribution in [3.05, 3.63) is 35.9 Å². The van der Waals surface area contributed by atoms with Gasteiger partial charge in [-0.05, 0) is 55.2 Å². The maximum Gasteiger partial charge on any atom is 0.308 e. The van der Waals surface area contributed by atoms with Crippen molar-refractivity contribution in [3.63, 3.8) is 0 Å². The molecule has 0 aliphatic rings. The van der Waals surface area contributed by atoms with E-state index < -0.39 is 28.5 Å². The molecule has 0 amide bonds. The first-order valence-electron chi connectivity index (χ1n) is 13.9. The molecular weight excluding hydrogens is 472 g/mol. The maximum absolute atomic E-state index is 12.2. The Morgan fingerprint density at radius 3 is 1.77 bits per heavy atom. The first-order chi connectivity index (χ1) is 16.7. The number of rotatable bonds is 19. The highest BCUT2D eigenvalue weighted by Crippen LogP contribution is 2.34. The average Bonchev–Trinajstić information content (AvgIpc) is 2.89. The zero-order valence-electron chi connectivity index (χ0n) is 23.6. The molecule has 0 saturated carbocycles. The minimum absolute atomic E-state index is 0.0329. The van der Waals surface area contributed by atoms with Crippen LogP contribution in [0.25, 0.3) is 0 Å². The summed E-state index contributed by atoms with van der Waals surface area (Å²) in [6.45, 7) is 18.4. The van der Waals surface area contributed by atoms with Gasteiger partial charge in [-0.15, -0.1) is 0 Å². The molecule has 1 aromatic rings. The van der Waals surface area contributed by atoms with Crippen LogP contribution in [0, 0.1) is 11.8 Å². The fraction of sp³-hybridized carbons (Fsp3) is 0.750. The van der Waals surface area contributed by atoms with E-state index >= 15 is 0 Å². The van der Waals surface area contributed by atoms with Crippen LogP contribution in [0.5, 0.6) is 0 Å². The Morgan fingerprint density at radius 2 is 1.31 bits per heavy atom. The summed E-state index contributed by atoms with van der Waals surface area (Å²) in [7, 11) is -3.91. The molecule has 0 unspecified atom stereocenters. The van der Waals surface area contributed by atoms with Crippen LogP contribution in [0.4, 0.5) is 0 Å². The van der Waals surface area contributed by atoms with Crippen LogP contribution in [-0.4, -0.2) is 46.5 Å². The second-order valence-electron chi connectivity index (χ2n) is 10.0. The zero-order valence-corrected chi connectivity index (χ0v) is 25.6. The fourth-order valence-electron chi connectivity index (χ4n) is 5.02. The number of hydrogen-bond donors (Lipinski definition) is 1. The van der Waals surface area contributed by atoms with Crippen molar-refractivity contribution in [2.75, 3.05) is 6.61 Å². The molecule has 1 rings (SSSR count). The van der Waals surface area contributed by atoms with Gasteiger partial charge >= 0.3 is 5.97 Å². The van der Waals surface area contributed by atoms with E-state index in [2.05, 4.69) is 60.6 Å². The van der Waals surface area contributed by atoms with E-state index in [1.54, 1.807) is 6.92 Å². The molecule has 0 radical (unpaired) electrons. The molecule has 0 saturated heterocycles. The van der Waals surface area contributed by atoms with Crippen LogP contribution < -0.4 is 0 Å². The monoisotopic (exact) mass is 524 g/mol. The lowest BCUT2D eigenvalue weighted by atomic mass is 9.88. The van der Waals surface area contributed by atoms with Crippen LogP contribution >= 0.6 is 0 Å². The Morgan fingerprint density at radius 1 is 0.829 bits per heavy atom. The predicted octanol–water partition coefficient (Wildman–Crippen LogP) is 7.73. The van der Waals surface area contributed by atoms with Crippen LogP contribution in [0.1, 0.15) is 67.4 Å². The van der Waals surface area contributed by atoms with E-state index in [0.29, 0.717) is 13.2 Å². The van der Waals surface area contributed by atoms with Gasteiger partial charge in [0.15, 0.2) is 16.6 Å². The summed E-state index contributed by atoms with van der Waals surface area (Å²) in [5, 5.41) is 9.99. The number of carbonyl (C=O) groups is 1. The summed E-state index contributed by atoms with van der Waals surface area (Å²) in [6, 6.07) is 16.4. The molecule has 202 valence electrons. The third kappa shape index (κ3) is 9.43. The number of ether oxygens (including phenoxy) is 1. The van der Waals surface area contributed by atoms with Crippen LogP contribution in [0.15, 0.2) is 30.3 Å². The van der Waals surface area contributed by atoms with Crippen molar-refractivity contribution in [2.45, 2.75) is 117 Å². The van der Waals surface area contributed by atoms with Gasteiger partial charge in [-0.3, -0.25) is 4.79 Å². The molecule has 0 aromatic heterocycles. The minimum Gasteiger partial charge on any atom is -0.481 e. The molecule has 0 bridgehead atoms. The third-order valence-corrected chi connectivity index (χ3v) is 17.6. The summed E-state index contributed by atoms with van der Waals surface area (Å²) in [4.78, 5) is 12.2. The van der Waals surface area contributed by atoms with E-state index in [0.717, 1.165) is 48.2 Å². The molecule has 1 N–H and O–H groups in total. The molecule has 0 aliphatic heterocycles. The fourth-order valence-corrected chi connectivity index (χ4v) is 11.0. The molecule has 5 nitrogen and oxygen atoms in total. The van der Waals surface area contributed by atoms with Gasteiger partial charge in [-0.25, -0.2) is 0 Å². The molecule has 0 fully saturated rings. The van der Waals surface area contributed by atoms with Crippen LogP contribution in [-0.2, 0) is 25.0 Å². The van der Waals surface area contributed by atoms with Gasteiger partial charge in [0.2, 0.25) is 0 Å². The van der Waals surface area contributed by atoms with Gasteiger partial charge in [0.1, 0.15) is 0 Å². The Kier molecular flexibility index (Phi) is 14.6. The van der Waals surface area contributed by atoms with E-state index in [1.807, 2.05) is 18.2 Å². The van der Waals surface area contributed by atoms with Crippen molar-refractivity contribution in [1.82, 2.24) is 0 Å². The molecule has 1 aromatic carbocycles. The van der Waals surface area contributed by atoms with Crippen molar-refractivity contribution in [1.29, 1.82) is 0 Å². The SMILES string of the molecule is CC[Si](CC)(CC)O[C@@H]([C@@H](C)[C@H](CCOCc1ccccc1)O[Si](CC)(CC)CC)[C@@H](C)C(=O)O.